The van der Waals surface area contributed by atoms with Gasteiger partial charge in [0, 0.05) is 16.1 Å². The summed E-state index contributed by atoms with van der Waals surface area (Å²) in [6.07, 6.45) is 3.66. The number of halogens is 1. The molecule has 6 heteroatoms. The molecule has 222 valence electrons. The Morgan fingerprint density at radius 1 is 1.02 bits per heavy atom. The first kappa shape index (κ1) is 30.5. The molecule has 1 atom stereocenters. The topological polar surface area (TPSA) is 68.3 Å². The third-order valence-electron chi connectivity index (χ3n) is 8.38. The van der Waals surface area contributed by atoms with Crippen LogP contribution in [0.15, 0.2) is 66.7 Å². The quantitative estimate of drug-likeness (QED) is 0.226. The predicted octanol–water partition coefficient (Wildman–Crippen LogP) is 9.26. The van der Waals surface area contributed by atoms with E-state index in [0.29, 0.717) is 17.0 Å². The van der Waals surface area contributed by atoms with E-state index in [1.165, 1.54) is 0 Å². The van der Waals surface area contributed by atoms with Gasteiger partial charge in [-0.05, 0) is 89.1 Å². The second-order valence-electron chi connectivity index (χ2n) is 12.8. The van der Waals surface area contributed by atoms with Crippen molar-refractivity contribution in [3.05, 3.63) is 105 Å². The number of pyridine rings is 1. The van der Waals surface area contributed by atoms with Crippen molar-refractivity contribution in [3.63, 3.8) is 0 Å². The lowest BCUT2D eigenvalue weighted by molar-refractivity contribution is -0.119. The maximum Gasteiger partial charge on any atom is 0.339 e. The first-order valence-electron chi connectivity index (χ1n) is 14.9. The van der Waals surface area contributed by atoms with E-state index in [-0.39, 0.29) is 29.8 Å². The molecule has 5 rings (SSSR count). The Labute approximate surface area is 259 Å². The molecule has 1 N–H and O–H groups in total. The number of anilines is 1. The fourth-order valence-electron chi connectivity index (χ4n) is 5.85. The van der Waals surface area contributed by atoms with E-state index in [2.05, 4.69) is 46.0 Å². The zero-order valence-electron chi connectivity index (χ0n) is 25.8. The Kier molecular flexibility index (Phi) is 8.75. The van der Waals surface area contributed by atoms with E-state index >= 15 is 0 Å². The zero-order valence-corrected chi connectivity index (χ0v) is 26.5. The molecular weight excluding hydrogens is 556 g/mol. The molecule has 0 saturated carbocycles. The molecule has 1 aromatic heterocycles. The van der Waals surface area contributed by atoms with Gasteiger partial charge in [-0.25, -0.2) is 9.78 Å². The van der Waals surface area contributed by atoms with E-state index in [1.54, 1.807) is 0 Å². The summed E-state index contributed by atoms with van der Waals surface area (Å²) < 4.78 is 5.75. The third-order valence-corrected chi connectivity index (χ3v) is 8.63. The average Bonchev–Trinajstić information content (AvgIpc) is 2.96. The maximum absolute atomic E-state index is 13.9. The highest BCUT2D eigenvalue weighted by Crippen LogP contribution is 2.45. The first-order chi connectivity index (χ1) is 20.4. The first-order valence-corrected chi connectivity index (χ1v) is 15.2. The summed E-state index contributed by atoms with van der Waals surface area (Å²) in [6, 6.07) is 21.3. The van der Waals surface area contributed by atoms with Crippen LogP contribution in [0.25, 0.3) is 22.6 Å². The van der Waals surface area contributed by atoms with Crippen molar-refractivity contribution >= 4 is 51.7 Å². The minimum atomic E-state index is -0.515. The molecule has 1 heterocycles. The van der Waals surface area contributed by atoms with Crippen molar-refractivity contribution < 1.29 is 14.3 Å². The molecule has 0 spiro atoms. The molecule has 3 aromatic carbocycles. The summed E-state index contributed by atoms with van der Waals surface area (Å²) in [7, 11) is 0. The van der Waals surface area contributed by atoms with Crippen LogP contribution in [-0.2, 0) is 16.0 Å². The van der Waals surface area contributed by atoms with E-state index in [9.17, 15) is 9.59 Å². The summed E-state index contributed by atoms with van der Waals surface area (Å²) in [4.78, 5) is 32.1. The molecule has 0 aliphatic heterocycles. The Morgan fingerprint density at radius 3 is 2.44 bits per heavy atom. The molecule has 43 heavy (non-hydrogen) atoms. The lowest BCUT2D eigenvalue weighted by atomic mass is 9.69. The standard InChI is InChI=1S/C37H39ClN2O3/c1-22(2)28-12-9-10-23(3)34(28)40-32(41)21-43-36(42)33-29-11-7-8-13-31(29)39-35-25(18-24-14-16-27(38)17-15-24)19-26(20-30(33)35)37(4,5)6/h7-18,22,26H,19-21H2,1-6H3,(H,40,41)/b25-18+/t26-/m1/s1. The highest BCUT2D eigenvalue weighted by molar-refractivity contribution is 6.30. The predicted molar refractivity (Wildman–Crippen MR) is 177 cm³/mol. The van der Waals surface area contributed by atoms with Gasteiger partial charge in [0.25, 0.3) is 5.91 Å². The van der Waals surface area contributed by atoms with Crippen molar-refractivity contribution in [2.24, 2.45) is 11.3 Å². The van der Waals surface area contributed by atoms with Crippen LogP contribution in [-0.4, -0.2) is 23.5 Å². The number of hydrogen-bond acceptors (Lipinski definition) is 4. The van der Waals surface area contributed by atoms with E-state index < -0.39 is 5.97 Å². The second kappa shape index (κ2) is 12.3. The van der Waals surface area contributed by atoms with Gasteiger partial charge < -0.3 is 10.1 Å². The van der Waals surface area contributed by atoms with Gasteiger partial charge in [-0.2, -0.15) is 0 Å². The highest BCUT2D eigenvalue weighted by atomic mass is 35.5. The molecular formula is C37H39ClN2O3. The Morgan fingerprint density at radius 2 is 1.74 bits per heavy atom. The highest BCUT2D eigenvalue weighted by Gasteiger charge is 2.35. The van der Waals surface area contributed by atoms with Gasteiger partial charge in [0.2, 0.25) is 0 Å². The number of allylic oxidation sites excluding steroid dienone is 1. The van der Waals surface area contributed by atoms with Crippen LogP contribution in [0.2, 0.25) is 5.02 Å². The fraction of sp³-hybridized carbons (Fsp3) is 0.324. The molecule has 4 aromatic rings. The fourth-order valence-corrected chi connectivity index (χ4v) is 5.98. The number of fused-ring (bicyclic) bond motifs is 2. The molecule has 0 fully saturated rings. The molecule has 1 aliphatic carbocycles. The van der Waals surface area contributed by atoms with E-state index in [4.69, 9.17) is 21.3 Å². The summed E-state index contributed by atoms with van der Waals surface area (Å²) in [5, 5.41) is 4.39. The third kappa shape index (κ3) is 6.67. The van der Waals surface area contributed by atoms with Crippen molar-refractivity contribution in [2.45, 2.75) is 60.3 Å². The summed E-state index contributed by atoms with van der Waals surface area (Å²) in [5.74, 6) is -0.378. The Balaban J connectivity index is 1.53. The van der Waals surface area contributed by atoms with Gasteiger partial charge in [-0.3, -0.25) is 4.79 Å². The van der Waals surface area contributed by atoms with Crippen molar-refractivity contribution in [2.75, 3.05) is 11.9 Å². The van der Waals surface area contributed by atoms with Gasteiger partial charge in [-0.1, -0.05) is 94.8 Å². The van der Waals surface area contributed by atoms with Crippen LogP contribution in [0.5, 0.6) is 0 Å². The van der Waals surface area contributed by atoms with Crippen LogP contribution >= 0.6 is 11.6 Å². The molecule has 0 radical (unpaired) electrons. The van der Waals surface area contributed by atoms with Gasteiger partial charge in [0.15, 0.2) is 6.61 Å². The van der Waals surface area contributed by atoms with Gasteiger partial charge in [0.1, 0.15) is 0 Å². The smallest absolute Gasteiger partial charge is 0.339 e. The molecule has 1 aliphatic rings. The molecule has 0 unspecified atom stereocenters. The number of nitrogens with zero attached hydrogens (tertiary/aromatic N) is 1. The number of para-hydroxylation sites is 2. The van der Waals surface area contributed by atoms with E-state index in [0.717, 1.165) is 56.5 Å². The number of hydrogen-bond donors (Lipinski definition) is 1. The largest absolute Gasteiger partial charge is 0.452 e. The maximum atomic E-state index is 13.9. The van der Waals surface area contributed by atoms with Crippen LogP contribution in [0.4, 0.5) is 5.69 Å². The van der Waals surface area contributed by atoms with Crippen molar-refractivity contribution in [3.8, 4) is 0 Å². The summed E-state index contributed by atoms with van der Waals surface area (Å²) in [6.45, 7) is 12.4. The van der Waals surface area contributed by atoms with Gasteiger partial charge in [-0.15, -0.1) is 0 Å². The Hall–Kier alpha value is -3.96. The number of nitrogens with one attached hydrogen (secondary N) is 1. The normalized spacial score (nSPS) is 15.9. The monoisotopic (exact) mass is 594 g/mol. The molecule has 1 amide bonds. The van der Waals surface area contributed by atoms with E-state index in [1.807, 2.05) is 73.7 Å². The number of rotatable bonds is 6. The number of carbonyl (C=O) groups excluding carboxylic acids is 2. The number of esters is 1. The molecule has 5 nitrogen and oxygen atoms in total. The minimum absolute atomic E-state index is 0.00878. The summed E-state index contributed by atoms with van der Waals surface area (Å²) >= 11 is 6.15. The van der Waals surface area contributed by atoms with Crippen LogP contribution in [0.3, 0.4) is 0 Å². The van der Waals surface area contributed by atoms with Crippen molar-refractivity contribution in [1.82, 2.24) is 4.98 Å². The summed E-state index contributed by atoms with van der Waals surface area (Å²) in [5.41, 5.74) is 7.76. The number of ether oxygens (including phenoxy) is 1. The van der Waals surface area contributed by atoms with Crippen molar-refractivity contribution in [1.29, 1.82) is 0 Å². The number of aryl methyl sites for hydroxylation is 1. The SMILES string of the molecule is Cc1cccc(C(C)C)c1NC(=O)COC(=O)c1c2c(nc3ccccc13)/C(=C/c1ccc(Cl)cc1)C[C@@H](C(C)(C)C)C2. The number of benzene rings is 3. The average molecular weight is 595 g/mol. The number of amides is 1. The zero-order chi connectivity index (χ0) is 30.9. The lowest BCUT2D eigenvalue weighted by Crippen LogP contribution is -2.29. The lowest BCUT2D eigenvalue weighted by Gasteiger charge is -2.36. The van der Waals surface area contributed by atoms with Gasteiger partial charge in [0.05, 0.1) is 16.8 Å². The number of carbonyl (C=O) groups is 2. The molecule has 0 saturated heterocycles. The van der Waals surface area contributed by atoms with Crippen LogP contribution in [0, 0.1) is 18.3 Å². The second-order valence-corrected chi connectivity index (χ2v) is 13.3. The number of aromatic nitrogens is 1. The molecule has 0 bridgehead atoms. The van der Waals surface area contributed by atoms with Crippen LogP contribution < -0.4 is 5.32 Å². The Bertz CT molecular complexity index is 1710. The van der Waals surface area contributed by atoms with Crippen LogP contribution in [0.1, 0.15) is 85.3 Å². The van der Waals surface area contributed by atoms with Gasteiger partial charge >= 0.3 is 5.97 Å². The minimum Gasteiger partial charge on any atom is -0.452 e.